The van der Waals surface area contributed by atoms with Crippen LogP contribution in [-0.4, -0.2) is 35.5 Å². The summed E-state index contributed by atoms with van der Waals surface area (Å²) in [5.41, 5.74) is 1.58. The van der Waals surface area contributed by atoms with Crippen molar-refractivity contribution in [2.24, 2.45) is 0 Å². The van der Waals surface area contributed by atoms with E-state index in [2.05, 4.69) is 25.8 Å². The molecule has 1 aliphatic heterocycles. The maximum atomic E-state index is 5.58. The largest absolute Gasteiger partial charge is 0.495 e. The van der Waals surface area contributed by atoms with Gasteiger partial charge in [-0.25, -0.2) is 0 Å². The molecule has 2 N–H and O–H groups in total. The Hall–Kier alpha value is -3.55. The van der Waals surface area contributed by atoms with E-state index in [1.807, 2.05) is 42.5 Å². The monoisotopic (exact) mass is 351 g/mol. The van der Waals surface area contributed by atoms with E-state index < -0.39 is 0 Å². The highest BCUT2D eigenvalue weighted by molar-refractivity contribution is 5.65. The van der Waals surface area contributed by atoms with Gasteiger partial charge in [0.2, 0.25) is 5.95 Å². The first-order valence-electron chi connectivity index (χ1n) is 8.08. The fourth-order valence-electron chi connectivity index (χ4n) is 2.55. The van der Waals surface area contributed by atoms with Crippen molar-refractivity contribution in [2.75, 3.05) is 31.0 Å². The van der Waals surface area contributed by atoms with Crippen molar-refractivity contribution in [3.8, 4) is 17.2 Å². The lowest BCUT2D eigenvalue weighted by Crippen LogP contribution is -2.15. The van der Waals surface area contributed by atoms with Gasteiger partial charge in [-0.05, 0) is 24.3 Å². The Kier molecular flexibility index (Phi) is 4.38. The Morgan fingerprint density at radius 1 is 1.00 bits per heavy atom. The summed E-state index contributed by atoms with van der Waals surface area (Å²) in [7, 11) is 1.62. The molecule has 8 nitrogen and oxygen atoms in total. The van der Waals surface area contributed by atoms with Crippen molar-refractivity contribution < 1.29 is 14.2 Å². The Bertz CT molecular complexity index is 919. The molecule has 2 aromatic carbocycles. The minimum absolute atomic E-state index is 0.363. The van der Waals surface area contributed by atoms with Crippen molar-refractivity contribution >= 4 is 23.1 Å². The van der Waals surface area contributed by atoms with E-state index in [9.17, 15) is 0 Å². The molecule has 0 bridgehead atoms. The first kappa shape index (κ1) is 15.9. The van der Waals surface area contributed by atoms with Crippen LogP contribution in [0.25, 0.3) is 0 Å². The van der Waals surface area contributed by atoms with Crippen LogP contribution < -0.4 is 24.8 Å². The summed E-state index contributed by atoms with van der Waals surface area (Å²) in [5, 5.41) is 14.3. The maximum absolute atomic E-state index is 5.58. The Morgan fingerprint density at radius 3 is 2.73 bits per heavy atom. The molecule has 0 unspecified atom stereocenters. The zero-order valence-corrected chi connectivity index (χ0v) is 14.1. The third-order valence-corrected chi connectivity index (χ3v) is 3.73. The van der Waals surface area contributed by atoms with E-state index in [1.54, 1.807) is 13.3 Å². The predicted molar refractivity (Wildman–Crippen MR) is 96.8 cm³/mol. The molecule has 2 heterocycles. The minimum atomic E-state index is 0.363. The summed E-state index contributed by atoms with van der Waals surface area (Å²) in [5.74, 6) is 3.04. The number of benzene rings is 2. The topological polar surface area (TPSA) is 90.4 Å². The van der Waals surface area contributed by atoms with Crippen LogP contribution in [0, 0.1) is 0 Å². The molecule has 0 saturated heterocycles. The summed E-state index contributed by atoms with van der Waals surface area (Å²) in [6.07, 6.45) is 1.54. The lowest BCUT2D eigenvalue weighted by molar-refractivity contribution is 0.171. The van der Waals surface area contributed by atoms with Crippen LogP contribution in [0.4, 0.5) is 23.1 Å². The van der Waals surface area contributed by atoms with E-state index >= 15 is 0 Å². The third kappa shape index (κ3) is 3.44. The Labute approximate surface area is 150 Å². The summed E-state index contributed by atoms with van der Waals surface area (Å²) >= 11 is 0. The van der Waals surface area contributed by atoms with Gasteiger partial charge in [-0.2, -0.15) is 10.1 Å². The van der Waals surface area contributed by atoms with Gasteiger partial charge in [0, 0.05) is 11.8 Å². The molecule has 0 amide bonds. The highest BCUT2D eigenvalue weighted by atomic mass is 16.6. The Balaban J connectivity index is 1.52. The van der Waals surface area contributed by atoms with Gasteiger partial charge in [-0.1, -0.05) is 12.1 Å². The van der Waals surface area contributed by atoms with Crippen molar-refractivity contribution in [1.29, 1.82) is 0 Å². The zero-order chi connectivity index (χ0) is 17.8. The van der Waals surface area contributed by atoms with Gasteiger partial charge >= 0.3 is 0 Å². The molecule has 1 aliphatic rings. The van der Waals surface area contributed by atoms with Crippen LogP contribution in [-0.2, 0) is 0 Å². The number of nitrogens with zero attached hydrogens (tertiary/aromatic N) is 3. The molecule has 4 rings (SSSR count). The SMILES string of the molecule is COc1ccccc1Nc1cnnc(Nc2ccc3c(c2)OCCO3)n1. The minimum Gasteiger partial charge on any atom is -0.495 e. The van der Waals surface area contributed by atoms with Crippen molar-refractivity contribution in [3.05, 3.63) is 48.7 Å². The van der Waals surface area contributed by atoms with Crippen LogP contribution in [0.15, 0.2) is 48.7 Å². The number of anilines is 4. The van der Waals surface area contributed by atoms with E-state index in [-0.39, 0.29) is 0 Å². The van der Waals surface area contributed by atoms with Gasteiger partial charge in [0.25, 0.3) is 0 Å². The molecule has 8 heteroatoms. The molecular weight excluding hydrogens is 334 g/mol. The van der Waals surface area contributed by atoms with Crippen LogP contribution in [0.1, 0.15) is 0 Å². The molecule has 0 radical (unpaired) electrons. The lowest BCUT2D eigenvalue weighted by Gasteiger charge is -2.19. The van der Waals surface area contributed by atoms with Gasteiger partial charge in [0.15, 0.2) is 17.3 Å². The number of fused-ring (bicyclic) bond motifs is 1. The first-order chi connectivity index (χ1) is 12.8. The van der Waals surface area contributed by atoms with Crippen LogP contribution in [0.5, 0.6) is 17.2 Å². The molecule has 132 valence electrons. The highest BCUT2D eigenvalue weighted by Gasteiger charge is 2.12. The molecule has 0 spiro atoms. The molecule has 0 fully saturated rings. The smallest absolute Gasteiger partial charge is 0.249 e. The van der Waals surface area contributed by atoms with E-state index in [0.717, 1.165) is 17.1 Å². The average Bonchev–Trinajstić information content (AvgIpc) is 2.69. The molecule has 26 heavy (non-hydrogen) atoms. The van der Waals surface area contributed by atoms with Crippen LogP contribution in [0.2, 0.25) is 0 Å². The second-order valence-corrected chi connectivity index (χ2v) is 5.47. The summed E-state index contributed by atoms with van der Waals surface area (Å²) < 4.78 is 16.4. The zero-order valence-electron chi connectivity index (χ0n) is 14.1. The van der Waals surface area contributed by atoms with Gasteiger partial charge in [-0.15, -0.1) is 5.10 Å². The van der Waals surface area contributed by atoms with E-state index in [0.29, 0.717) is 36.5 Å². The third-order valence-electron chi connectivity index (χ3n) is 3.73. The van der Waals surface area contributed by atoms with Gasteiger partial charge in [-0.3, -0.25) is 0 Å². The number of hydrogen-bond acceptors (Lipinski definition) is 8. The number of ether oxygens (including phenoxy) is 3. The molecule has 0 saturated carbocycles. The molecule has 1 aromatic heterocycles. The second-order valence-electron chi connectivity index (χ2n) is 5.47. The normalized spacial score (nSPS) is 12.3. The quantitative estimate of drug-likeness (QED) is 0.724. The first-order valence-corrected chi connectivity index (χ1v) is 8.08. The van der Waals surface area contributed by atoms with E-state index in [4.69, 9.17) is 14.2 Å². The number of hydrogen-bond donors (Lipinski definition) is 2. The van der Waals surface area contributed by atoms with Crippen molar-refractivity contribution in [1.82, 2.24) is 15.2 Å². The summed E-state index contributed by atoms with van der Waals surface area (Å²) in [6, 6.07) is 13.1. The Morgan fingerprint density at radius 2 is 1.85 bits per heavy atom. The lowest BCUT2D eigenvalue weighted by atomic mass is 10.2. The summed E-state index contributed by atoms with van der Waals surface area (Å²) in [4.78, 5) is 4.43. The van der Waals surface area contributed by atoms with Crippen LogP contribution >= 0.6 is 0 Å². The number of aromatic nitrogens is 3. The predicted octanol–water partition coefficient (Wildman–Crippen LogP) is 3.14. The van der Waals surface area contributed by atoms with Gasteiger partial charge < -0.3 is 24.8 Å². The molecule has 3 aromatic rings. The molecular formula is C18H17N5O3. The molecule has 0 aliphatic carbocycles. The fraction of sp³-hybridized carbons (Fsp3) is 0.167. The highest BCUT2D eigenvalue weighted by Crippen LogP contribution is 2.33. The average molecular weight is 351 g/mol. The van der Waals surface area contributed by atoms with Gasteiger partial charge in [0.05, 0.1) is 19.0 Å². The number of rotatable bonds is 5. The van der Waals surface area contributed by atoms with Gasteiger partial charge in [0.1, 0.15) is 19.0 Å². The fourth-order valence-corrected chi connectivity index (χ4v) is 2.55. The number of methoxy groups -OCH3 is 1. The second kappa shape index (κ2) is 7.14. The standard InChI is InChI=1S/C18H17N5O3/c1-24-14-5-3-2-4-13(14)21-17-11-19-23-18(22-17)20-12-6-7-15-16(10-12)26-9-8-25-15/h2-7,10-11H,8-9H2,1H3,(H2,20,21,22,23). The summed E-state index contributed by atoms with van der Waals surface area (Å²) in [6.45, 7) is 1.09. The number of nitrogens with one attached hydrogen (secondary N) is 2. The number of para-hydroxylation sites is 2. The van der Waals surface area contributed by atoms with Crippen LogP contribution in [0.3, 0.4) is 0 Å². The molecule has 0 atom stereocenters. The van der Waals surface area contributed by atoms with Crippen molar-refractivity contribution in [2.45, 2.75) is 0 Å². The maximum Gasteiger partial charge on any atom is 0.249 e. The van der Waals surface area contributed by atoms with E-state index in [1.165, 1.54) is 0 Å². The van der Waals surface area contributed by atoms with Crippen molar-refractivity contribution in [3.63, 3.8) is 0 Å².